The largest absolute Gasteiger partial charge is 0.425 e. The van der Waals surface area contributed by atoms with Gasteiger partial charge in [0.2, 0.25) is 5.95 Å². The van der Waals surface area contributed by atoms with Crippen molar-refractivity contribution < 1.29 is 18.3 Å². The normalized spacial score (nSPS) is 16.6. The molecule has 1 aromatic carbocycles. The van der Waals surface area contributed by atoms with Crippen LogP contribution >= 0.6 is 11.3 Å². The van der Waals surface area contributed by atoms with Gasteiger partial charge >= 0.3 is 11.9 Å². The Balaban J connectivity index is 1.60. The standard InChI is InChI=1S/C20H19F3N4O2S/c1-11-3-4-13-8-26(10-16(28)15(13)7-11)18-24-12(2)27(19(29)25-18)9-14-5-6-17(30-14)20(21,22)23/h3-7,16,28H,8-10H2,1-2H3/t16-/m0/s1. The Morgan fingerprint density at radius 2 is 1.97 bits per heavy atom. The summed E-state index contributed by atoms with van der Waals surface area (Å²) in [7, 11) is 0. The molecule has 0 spiro atoms. The van der Waals surface area contributed by atoms with Gasteiger partial charge in [-0.25, -0.2) is 4.79 Å². The predicted octanol–water partition coefficient (Wildman–Crippen LogP) is 3.44. The molecule has 0 amide bonds. The maximum atomic E-state index is 12.8. The van der Waals surface area contributed by atoms with E-state index < -0.39 is 22.8 Å². The van der Waals surface area contributed by atoms with Crippen molar-refractivity contribution in [1.82, 2.24) is 14.5 Å². The fraction of sp³-hybridized carbons (Fsp3) is 0.350. The van der Waals surface area contributed by atoms with E-state index in [0.29, 0.717) is 28.6 Å². The molecule has 0 saturated heterocycles. The molecular formula is C20H19F3N4O2S. The average Bonchev–Trinajstić information content (AvgIpc) is 3.14. The average molecular weight is 436 g/mol. The number of aliphatic hydroxyl groups excluding tert-OH is 1. The Hall–Kier alpha value is -2.72. The van der Waals surface area contributed by atoms with E-state index in [2.05, 4.69) is 9.97 Å². The molecule has 0 fully saturated rings. The number of benzene rings is 1. The Labute approximate surface area is 174 Å². The molecule has 158 valence electrons. The molecule has 2 aromatic heterocycles. The summed E-state index contributed by atoms with van der Waals surface area (Å²) in [6.07, 6.45) is -5.14. The summed E-state index contributed by atoms with van der Waals surface area (Å²) in [5.41, 5.74) is 2.25. The van der Waals surface area contributed by atoms with Gasteiger partial charge in [-0.2, -0.15) is 23.1 Å². The van der Waals surface area contributed by atoms with E-state index >= 15 is 0 Å². The summed E-state index contributed by atoms with van der Waals surface area (Å²) in [6, 6.07) is 8.19. The third-order valence-corrected chi connectivity index (χ3v) is 6.15. The number of nitrogens with zero attached hydrogens (tertiary/aromatic N) is 4. The van der Waals surface area contributed by atoms with E-state index in [0.717, 1.165) is 22.8 Å². The van der Waals surface area contributed by atoms with Crippen molar-refractivity contribution in [3.63, 3.8) is 0 Å². The van der Waals surface area contributed by atoms with Gasteiger partial charge in [-0.1, -0.05) is 23.8 Å². The van der Waals surface area contributed by atoms with Gasteiger partial charge in [0.15, 0.2) is 0 Å². The van der Waals surface area contributed by atoms with Crippen molar-refractivity contribution in [2.45, 2.75) is 39.2 Å². The molecule has 0 radical (unpaired) electrons. The molecular weight excluding hydrogens is 417 g/mol. The maximum absolute atomic E-state index is 12.8. The summed E-state index contributed by atoms with van der Waals surface area (Å²) in [4.78, 5) is 22.4. The highest BCUT2D eigenvalue weighted by molar-refractivity contribution is 7.12. The molecule has 6 nitrogen and oxygen atoms in total. The first-order valence-electron chi connectivity index (χ1n) is 9.25. The summed E-state index contributed by atoms with van der Waals surface area (Å²) in [5, 5.41) is 10.5. The van der Waals surface area contributed by atoms with Crippen molar-refractivity contribution >= 4 is 17.3 Å². The molecule has 0 saturated carbocycles. The number of fused-ring (bicyclic) bond motifs is 1. The van der Waals surface area contributed by atoms with E-state index in [-0.39, 0.29) is 19.0 Å². The van der Waals surface area contributed by atoms with Crippen molar-refractivity contribution in [1.29, 1.82) is 0 Å². The lowest BCUT2D eigenvalue weighted by molar-refractivity contribution is -0.134. The lowest BCUT2D eigenvalue weighted by atomic mass is 9.96. The van der Waals surface area contributed by atoms with E-state index in [1.807, 2.05) is 25.1 Å². The molecule has 0 bridgehead atoms. The molecule has 1 aliphatic heterocycles. The molecule has 1 aliphatic rings. The first-order chi connectivity index (χ1) is 14.1. The molecule has 30 heavy (non-hydrogen) atoms. The molecule has 10 heteroatoms. The van der Waals surface area contributed by atoms with Crippen LogP contribution in [-0.2, 0) is 19.3 Å². The lowest BCUT2D eigenvalue weighted by Crippen LogP contribution is -2.38. The van der Waals surface area contributed by atoms with Crippen LogP contribution in [0.5, 0.6) is 0 Å². The van der Waals surface area contributed by atoms with Crippen molar-refractivity contribution in [2.24, 2.45) is 0 Å². The highest BCUT2D eigenvalue weighted by Crippen LogP contribution is 2.35. The van der Waals surface area contributed by atoms with Crippen LogP contribution in [0.3, 0.4) is 0 Å². The Bertz CT molecular complexity index is 1160. The number of hydrogen-bond donors (Lipinski definition) is 1. The number of aryl methyl sites for hydroxylation is 2. The number of aromatic nitrogens is 3. The Morgan fingerprint density at radius 3 is 2.63 bits per heavy atom. The van der Waals surface area contributed by atoms with Crippen LogP contribution in [-0.4, -0.2) is 26.2 Å². The molecule has 3 heterocycles. The lowest BCUT2D eigenvalue weighted by Gasteiger charge is -2.32. The number of rotatable bonds is 3. The third kappa shape index (κ3) is 3.97. The second-order valence-corrected chi connectivity index (χ2v) is 8.47. The second kappa shape index (κ2) is 7.51. The summed E-state index contributed by atoms with van der Waals surface area (Å²) < 4.78 is 39.7. The first kappa shape index (κ1) is 20.5. The predicted molar refractivity (Wildman–Crippen MR) is 107 cm³/mol. The number of hydrogen-bond acceptors (Lipinski definition) is 6. The first-order valence-corrected chi connectivity index (χ1v) is 10.1. The third-order valence-electron chi connectivity index (χ3n) is 5.03. The van der Waals surface area contributed by atoms with Gasteiger partial charge in [0.1, 0.15) is 10.7 Å². The zero-order valence-electron chi connectivity index (χ0n) is 16.3. The van der Waals surface area contributed by atoms with Crippen LogP contribution in [0.4, 0.5) is 19.1 Å². The molecule has 3 aromatic rings. The topological polar surface area (TPSA) is 71.2 Å². The summed E-state index contributed by atoms with van der Waals surface area (Å²) in [6.45, 7) is 4.24. The second-order valence-electron chi connectivity index (χ2n) is 7.30. The zero-order valence-corrected chi connectivity index (χ0v) is 17.1. The van der Waals surface area contributed by atoms with Crippen LogP contribution in [0.2, 0.25) is 0 Å². The van der Waals surface area contributed by atoms with Gasteiger partial charge in [0.25, 0.3) is 0 Å². The number of aliphatic hydroxyl groups is 1. The fourth-order valence-corrected chi connectivity index (χ4v) is 4.37. The highest BCUT2D eigenvalue weighted by Gasteiger charge is 2.32. The summed E-state index contributed by atoms with van der Waals surface area (Å²) >= 11 is 0.594. The highest BCUT2D eigenvalue weighted by atomic mass is 32.1. The van der Waals surface area contributed by atoms with E-state index in [1.54, 1.807) is 11.8 Å². The van der Waals surface area contributed by atoms with E-state index in [4.69, 9.17) is 0 Å². The number of anilines is 1. The van der Waals surface area contributed by atoms with E-state index in [1.165, 1.54) is 10.6 Å². The minimum atomic E-state index is -4.41. The van der Waals surface area contributed by atoms with Gasteiger partial charge in [-0.05, 0) is 37.1 Å². The van der Waals surface area contributed by atoms with Gasteiger partial charge in [0, 0.05) is 11.4 Å². The van der Waals surface area contributed by atoms with Crippen molar-refractivity contribution in [2.75, 3.05) is 11.4 Å². The molecule has 0 aliphatic carbocycles. The Kier molecular flexibility index (Phi) is 5.15. The maximum Gasteiger partial charge on any atom is 0.425 e. The number of thiophene rings is 1. The molecule has 0 unspecified atom stereocenters. The van der Waals surface area contributed by atoms with Crippen LogP contribution in [0.1, 0.15) is 38.4 Å². The minimum absolute atomic E-state index is 0.0313. The van der Waals surface area contributed by atoms with Gasteiger partial charge < -0.3 is 10.0 Å². The van der Waals surface area contributed by atoms with Gasteiger partial charge in [0.05, 0.1) is 19.2 Å². The SMILES string of the molecule is Cc1ccc2c(c1)[C@@H](O)CN(c1nc(C)n(Cc3ccc(C(F)(F)F)s3)c(=O)n1)C2. The van der Waals surface area contributed by atoms with Gasteiger partial charge in [-0.15, -0.1) is 11.3 Å². The molecule has 4 rings (SSSR count). The molecule has 1 N–H and O–H groups in total. The van der Waals surface area contributed by atoms with Crippen LogP contribution in [0.25, 0.3) is 0 Å². The van der Waals surface area contributed by atoms with Crippen LogP contribution in [0, 0.1) is 13.8 Å². The van der Waals surface area contributed by atoms with Crippen molar-refractivity contribution in [3.8, 4) is 0 Å². The quantitative estimate of drug-likeness (QED) is 0.681. The summed E-state index contributed by atoms with van der Waals surface area (Å²) in [5.74, 6) is 0.539. The number of alkyl halides is 3. The number of halogens is 3. The minimum Gasteiger partial charge on any atom is -0.387 e. The van der Waals surface area contributed by atoms with Crippen LogP contribution in [0.15, 0.2) is 35.1 Å². The van der Waals surface area contributed by atoms with E-state index in [9.17, 15) is 23.1 Å². The smallest absolute Gasteiger partial charge is 0.387 e. The van der Waals surface area contributed by atoms with Crippen molar-refractivity contribution in [3.05, 3.63) is 73.1 Å². The monoisotopic (exact) mass is 436 g/mol. The Morgan fingerprint density at radius 1 is 1.20 bits per heavy atom. The molecule has 1 atom stereocenters. The van der Waals surface area contributed by atoms with Gasteiger partial charge in [-0.3, -0.25) is 4.57 Å². The fourth-order valence-electron chi connectivity index (χ4n) is 3.51. The van der Waals surface area contributed by atoms with Crippen LogP contribution < -0.4 is 10.6 Å². The number of β-amino-alcohol motifs (C(OH)–C–C–N with tert-alkyl or cyclic N) is 1. The zero-order chi connectivity index (χ0) is 21.6.